The van der Waals surface area contributed by atoms with Crippen molar-refractivity contribution in [3.63, 3.8) is 0 Å². The van der Waals surface area contributed by atoms with Crippen molar-refractivity contribution in [1.29, 1.82) is 0 Å². The molecule has 0 bridgehead atoms. The lowest BCUT2D eigenvalue weighted by atomic mass is 9.68. The number of nitrogens with zero attached hydrogens (tertiary/aromatic N) is 2. The lowest BCUT2D eigenvalue weighted by Crippen LogP contribution is -2.50. The van der Waals surface area contributed by atoms with Crippen molar-refractivity contribution in [2.75, 3.05) is 12.4 Å². The van der Waals surface area contributed by atoms with Gasteiger partial charge in [0.05, 0.1) is 19.2 Å². The molecule has 4 heterocycles. The van der Waals surface area contributed by atoms with E-state index in [1.165, 1.54) is 11.7 Å². The molecule has 2 aliphatic heterocycles. The fourth-order valence-corrected chi connectivity index (χ4v) is 4.63. The molecule has 1 aromatic carbocycles. The molecule has 1 atom stereocenters. The normalized spacial score (nSPS) is 18.4. The second-order valence-electron chi connectivity index (χ2n) is 7.86. The molecule has 1 spiro atoms. The molecular formula is C24H20N4O5. The van der Waals surface area contributed by atoms with Crippen molar-refractivity contribution in [3.05, 3.63) is 99.1 Å². The summed E-state index contributed by atoms with van der Waals surface area (Å²) in [4.78, 5) is 44.6. The molecule has 2 aromatic heterocycles. The van der Waals surface area contributed by atoms with Crippen LogP contribution >= 0.6 is 0 Å². The van der Waals surface area contributed by atoms with Crippen LogP contribution in [0, 0.1) is 6.92 Å². The van der Waals surface area contributed by atoms with Gasteiger partial charge in [0, 0.05) is 35.4 Å². The Balaban J connectivity index is 1.86. The number of amides is 1. The highest BCUT2D eigenvalue weighted by Crippen LogP contribution is 2.52. The molecule has 33 heavy (non-hydrogen) atoms. The molecule has 0 saturated carbocycles. The summed E-state index contributed by atoms with van der Waals surface area (Å²) >= 11 is 0. The summed E-state index contributed by atoms with van der Waals surface area (Å²) in [6.45, 7) is 1.98. The molecule has 5 rings (SSSR count). The van der Waals surface area contributed by atoms with Gasteiger partial charge in [-0.05, 0) is 24.6 Å². The average Bonchev–Trinajstić information content (AvgIpc) is 3.08. The molecule has 1 unspecified atom stereocenters. The van der Waals surface area contributed by atoms with Gasteiger partial charge in [-0.3, -0.25) is 14.6 Å². The van der Waals surface area contributed by atoms with Gasteiger partial charge in [0.25, 0.3) is 5.56 Å². The lowest BCUT2D eigenvalue weighted by molar-refractivity contribution is -0.138. The fourth-order valence-electron chi connectivity index (χ4n) is 4.63. The van der Waals surface area contributed by atoms with Gasteiger partial charge in [0.1, 0.15) is 16.7 Å². The number of fused-ring (bicyclic) bond motifs is 4. The van der Waals surface area contributed by atoms with E-state index in [9.17, 15) is 14.4 Å². The van der Waals surface area contributed by atoms with Crippen LogP contribution < -0.4 is 21.3 Å². The zero-order valence-electron chi connectivity index (χ0n) is 17.9. The van der Waals surface area contributed by atoms with E-state index in [-0.39, 0.29) is 29.3 Å². The number of methoxy groups -OCH3 is 1. The van der Waals surface area contributed by atoms with E-state index >= 15 is 0 Å². The second kappa shape index (κ2) is 7.33. The Bertz CT molecular complexity index is 1410. The molecule has 3 aromatic rings. The highest BCUT2D eigenvalue weighted by atomic mass is 16.5. The van der Waals surface area contributed by atoms with Gasteiger partial charge in [-0.2, -0.15) is 0 Å². The highest BCUT2D eigenvalue weighted by molar-refractivity contribution is 6.17. The highest BCUT2D eigenvalue weighted by Gasteiger charge is 2.60. The van der Waals surface area contributed by atoms with Crippen molar-refractivity contribution >= 4 is 17.6 Å². The topological polar surface area (TPSA) is 126 Å². The van der Waals surface area contributed by atoms with Crippen LogP contribution in [0.3, 0.4) is 0 Å². The Kier molecular flexibility index (Phi) is 4.56. The molecule has 1 amide bonds. The molecule has 0 radical (unpaired) electrons. The number of carbonyl (C=O) groups excluding carboxylic acids is 2. The first kappa shape index (κ1) is 20.5. The first-order valence-electron chi connectivity index (χ1n) is 10.2. The number of rotatable bonds is 3. The van der Waals surface area contributed by atoms with Gasteiger partial charge in [0.15, 0.2) is 0 Å². The summed E-state index contributed by atoms with van der Waals surface area (Å²) in [5, 5.41) is 2.79. The number of anilines is 1. The van der Waals surface area contributed by atoms with Crippen LogP contribution in [0.5, 0.6) is 5.75 Å². The molecule has 166 valence electrons. The number of esters is 1. The zero-order valence-corrected chi connectivity index (χ0v) is 17.9. The summed E-state index contributed by atoms with van der Waals surface area (Å²) in [6, 6.07) is 12.1. The van der Waals surface area contributed by atoms with Gasteiger partial charge >= 0.3 is 5.97 Å². The first-order valence-corrected chi connectivity index (χ1v) is 10.2. The first-order chi connectivity index (χ1) is 15.9. The number of aromatic nitrogens is 2. The number of benzene rings is 1. The molecule has 0 fully saturated rings. The minimum atomic E-state index is -1.82. The average molecular weight is 444 g/mol. The van der Waals surface area contributed by atoms with E-state index < -0.39 is 22.9 Å². The van der Waals surface area contributed by atoms with Crippen LogP contribution in [0.25, 0.3) is 0 Å². The lowest BCUT2D eigenvalue weighted by Gasteiger charge is -2.35. The van der Waals surface area contributed by atoms with E-state index in [2.05, 4.69) is 10.3 Å². The Hall–Kier alpha value is -4.40. The standard InChI is InChI=1S/C24H20N4O5/c1-13-10-17-18(21(29)28(13)12-14-6-5-9-26-11-14)24(19(20(25)33-17)22(30)32-2)15-7-3-4-8-16(15)27-23(24)31/h3-11H,12,25H2,1-2H3,(H,27,31). The number of pyridine rings is 2. The van der Waals surface area contributed by atoms with Crippen molar-refractivity contribution in [3.8, 4) is 5.75 Å². The van der Waals surface area contributed by atoms with E-state index in [0.29, 0.717) is 16.9 Å². The third-order valence-electron chi connectivity index (χ3n) is 6.06. The van der Waals surface area contributed by atoms with Crippen molar-refractivity contribution in [1.82, 2.24) is 9.55 Å². The second-order valence-corrected chi connectivity index (χ2v) is 7.86. The Morgan fingerprint density at radius 3 is 2.76 bits per heavy atom. The number of hydrogen-bond acceptors (Lipinski definition) is 7. The maximum Gasteiger partial charge on any atom is 0.340 e. The third-order valence-corrected chi connectivity index (χ3v) is 6.06. The van der Waals surface area contributed by atoms with Crippen molar-refractivity contribution < 1.29 is 19.1 Å². The van der Waals surface area contributed by atoms with Crippen LogP contribution in [-0.4, -0.2) is 28.5 Å². The van der Waals surface area contributed by atoms with Gasteiger partial charge in [0.2, 0.25) is 11.8 Å². The van der Waals surface area contributed by atoms with Crippen LogP contribution in [0.15, 0.2) is 71.1 Å². The molecule has 3 N–H and O–H groups in total. The smallest absolute Gasteiger partial charge is 0.340 e. The number of carbonyl (C=O) groups is 2. The van der Waals surface area contributed by atoms with Gasteiger partial charge < -0.3 is 25.1 Å². The zero-order chi connectivity index (χ0) is 23.3. The van der Waals surface area contributed by atoms with Gasteiger partial charge in [-0.15, -0.1) is 0 Å². The van der Waals surface area contributed by atoms with Crippen LogP contribution in [-0.2, 0) is 26.3 Å². The molecule has 9 nitrogen and oxygen atoms in total. The van der Waals surface area contributed by atoms with Crippen molar-refractivity contribution in [2.24, 2.45) is 5.73 Å². The van der Waals surface area contributed by atoms with E-state index in [0.717, 1.165) is 5.56 Å². The van der Waals surface area contributed by atoms with Crippen LogP contribution in [0.2, 0.25) is 0 Å². The number of nitrogens with one attached hydrogen (secondary N) is 1. The molecule has 2 aliphatic rings. The maximum absolute atomic E-state index is 14.0. The summed E-state index contributed by atoms with van der Waals surface area (Å²) in [7, 11) is 1.18. The number of aryl methyl sites for hydroxylation is 1. The quantitative estimate of drug-likeness (QED) is 0.588. The van der Waals surface area contributed by atoms with Crippen molar-refractivity contribution in [2.45, 2.75) is 18.9 Å². The Labute approximate surface area is 188 Å². The summed E-state index contributed by atoms with van der Waals surface area (Å²) in [5.41, 5.74) is 5.95. The SMILES string of the molecule is COC(=O)C1=C(N)Oc2cc(C)n(Cc3cccnc3)c(=O)c2C12C(=O)Nc1ccccc12. The minimum absolute atomic E-state index is 0.00837. The maximum atomic E-state index is 14.0. The number of para-hydroxylation sites is 1. The van der Waals surface area contributed by atoms with Gasteiger partial charge in [-0.1, -0.05) is 24.3 Å². The number of hydrogen-bond donors (Lipinski definition) is 2. The van der Waals surface area contributed by atoms with E-state index in [1.807, 2.05) is 6.07 Å². The van der Waals surface area contributed by atoms with E-state index in [4.69, 9.17) is 15.2 Å². The predicted molar refractivity (Wildman–Crippen MR) is 118 cm³/mol. The Morgan fingerprint density at radius 1 is 1.24 bits per heavy atom. The minimum Gasteiger partial charge on any atom is -0.465 e. The summed E-state index contributed by atoms with van der Waals surface area (Å²) < 4.78 is 12.2. The van der Waals surface area contributed by atoms with E-state index in [1.54, 1.807) is 55.7 Å². The number of nitrogens with two attached hydrogens (primary N) is 1. The fraction of sp³-hybridized carbons (Fsp3) is 0.167. The Morgan fingerprint density at radius 2 is 2.03 bits per heavy atom. The monoisotopic (exact) mass is 444 g/mol. The molecular weight excluding hydrogens is 424 g/mol. The summed E-state index contributed by atoms with van der Waals surface area (Å²) in [6.07, 6.45) is 3.30. The predicted octanol–water partition coefficient (Wildman–Crippen LogP) is 1.57. The molecule has 0 aliphatic carbocycles. The van der Waals surface area contributed by atoms with Gasteiger partial charge in [-0.25, -0.2) is 4.79 Å². The van der Waals surface area contributed by atoms with Crippen LogP contribution in [0.4, 0.5) is 5.69 Å². The summed E-state index contributed by atoms with van der Waals surface area (Å²) in [5.74, 6) is -1.60. The third kappa shape index (κ3) is 2.78. The van der Waals surface area contributed by atoms with Crippen LogP contribution in [0.1, 0.15) is 22.4 Å². The molecule has 0 saturated heterocycles. The largest absolute Gasteiger partial charge is 0.465 e. The number of ether oxygens (including phenoxy) is 2. The molecule has 9 heteroatoms.